The Labute approximate surface area is 118 Å². The van der Waals surface area contributed by atoms with Crippen molar-refractivity contribution in [1.29, 1.82) is 0 Å². The van der Waals surface area contributed by atoms with Gasteiger partial charge in [-0.15, -0.1) is 0 Å². The number of esters is 1. The minimum absolute atomic E-state index is 0.0369. The van der Waals surface area contributed by atoms with Crippen LogP contribution in [0.3, 0.4) is 0 Å². The van der Waals surface area contributed by atoms with Gasteiger partial charge in [0.25, 0.3) is 0 Å². The number of Topliss-reactive ketones (excluding diaryl/α,β-unsaturated/α-hetero) is 1. The van der Waals surface area contributed by atoms with E-state index in [0.717, 1.165) is 11.4 Å². The molecule has 1 heterocycles. The summed E-state index contributed by atoms with van der Waals surface area (Å²) >= 11 is 0. The number of hydrogen-bond acceptors (Lipinski definition) is 3. The normalized spacial score (nSPS) is 10.4. The second-order valence-electron chi connectivity index (χ2n) is 4.73. The molecule has 0 aliphatic carbocycles. The fraction of sp³-hybridized carbons (Fsp3) is 0.250. The molecule has 0 fully saturated rings. The summed E-state index contributed by atoms with van der Waals surface area (Å²) in [4.78, 5) is 23.5. The van der Waals surface area contributed by atoms with Crippen LogP contribution in [-0.2, 0) is 4.74 Å². The topological polar surface area (TPSA) is 48.3 Å². The maximum absolute atomic E-state index is 11.9. The van der Waals surface area contributed by atoms with E-state index in [1.165, 1.54) is 14.0 Å². The highest BCUT2D eigenvalue weighted by Crippen LogP contribution is 2.23. The Balaban J connectivity index is 2.73. The van der Waals surface area contributed by atoms with E-state index in [9.17, 15) is 9.59 Å². The fourth-order valence-electron chi connectivity index (χ4n) is 2.27. The zero-order valence-electron chi connectivity index (χ0n) is 12.1. The minimum atomic E-state index is -0.414. The van der Waals surface area contributed by atoms with Gasteiger partial charge in [-0.2, -0.15) is 0 Å². The number of ketones is 1. The predicted molar refractivity (Wildman–Crippen MR) is 76.6 cm³/mol. The maximum atomic E-state index is 11.9. The summed E-state index contributed by atoms with van der Waals surface area (Å²) in [7, 11) is 1.35. The van der Waals surface area contributed by atoms with Crippen LogP contribution in [0.2, 0.25) is 0 Å². The highest BCUT2D eigenvalue weighted by Gasteiger charge is 2.17. The molecular formula is C16H17NO3. The standard InChI is InChI=1S/C16H17NO3/c1-10-5-6-11(2)17(10)15-9-13(12(3)18)7-8-14(15)16(19)20-4/h5-9H,1-4H3. The van der Waals surface area contributed by atoms with E-state index >= 15 is 0 Å². The number of ether oxygens (including phenoxy) is 1. The van der Waals surface area contributed by atoms with Crippen LogP contribution in [0.15, 0.2) is 30.3 Å². The maximum Gasteiger partial charge on any atom is 0.339 e. The third kappa shape index (κ3) is 2.37. The van der Waals surface area contributed by atoms with Gasteiger partial charge in [0.05, 0.1) is 18.4 Å². The smallest absolute Gasteiger partial charge is 0.339 e. The summed E-state index contributed by atoms with van der Waals surface area (Å²) < 4.78 is 6.76. The van der Waals surface area contributed by atoms with Crippen LogP contribution in [0.25, 0.3) is 5.69 Å². The van der Waals surface area contributed by atoms with Gasteiger partial charge in [-0.25, -0.2) is 4.79 Å². The molecule has 0 bridgehead atoms. The van der Waals surface area contributed by atoms with Gasteiger partial charge < -0.3 is 9.30 Å². The summed E-state index contributed by atoms with van der Waals surface area (Å²) in [6.45, 7) is 5.41. The van der Waals surface area contributed by atoms with Crippen molar-refractivity contribution < 1.29 is 14.3 Å². The Bertz CT molecular complexity index is 664. The van der Waals surface area contributed by atoms with Crippen molar-refractivity contribution in [3.8, 4) is 5.69 Å². The van der Waals surface area contributed by atoms with Crippen molar-refractivity contribution in [1.82, 2.24) is 4.57 Å². The van der Waals surface area contributed by atoms with Gasteiger partial charge in [0.15, 0.2) is 5.78 Å². The highest BCUT2D eigenvalue weighted by atomic mass is 16.5. The second-order valence-corrected chi connectivity index (χ2v) is 4.73. The van der Waals surface area contributed by atoms with Gasteiger partial charge >= 0.3 is 5.97 Å². The Morgan fingerprint density at radius 2 is 1.65 bits per heavy atom. The first kappa shape index (κ1) is 14.1. The lowest BCUT2D eigenvalue weighted by Gasteiger charge is -2.14. The Kier molecular flexibility index (Phi) is 3.74. The Morgan fingerprint density at radius 1 is 1.05 bits per heavy atom. The van der Waals surface area contributed by atoms with Crippen molar-refractivity contribution in [2.75, 3.05) is 7.11 Å². The van der Waals surface area contributed by atoms with E-state index in [-0.39, 0.29) is 5.78 Å². The number of aryl methyl sites for hydroxylation is 2. The molecule has 104 valence electrons. The van der Waals surface area contributed by atoms with Crippen molar-refractivity contribution in [2.45, 2.75) is 20.8 Å². The first-order chi connectivity index (χ1) is 9.45. The SMILES string of the molecule is COC(=O)c1ccc(C(C)=O)cc1-n1c(C)ccc1C. The highest BCUT2D eigenvalue weighted by molar-refractivity contribution is 5.98. The lowest BCUT2D eigenvalue weighted by atomic mass is 10.1. The predicted octanol–water partition coefficient (Wildman–Crippen LogP) is 3.08. The molecule has 0 aliphatic rings. The number of rotatable bonds is 3. The molecule has 1 aromatic carbocycles. The van der Waals surface area contributed by atoms with Gasteiger partial charge in [0.2, 0.25) is 0 Å². The van der Waals surface area contributed by atoms with Crippen molar-refractivity contribution in [3.05, 3.63) is 52.8 Å². The molecule has 20 heavy (non-hydrogen) atoms. The molecule has 0 unspecified atom stereocenters. The van der Waals surface area contributed by atoms with Crippen molar-refractivity contribution in [3.63, 3.8) is 0 Å². The molecule has 0 saturated carbocycles. The number of carbonyl (C=O) groups is 2. The molecule has 4 heteroatoms. The van der Waals surface area contributed by atoms with Crippen molar-refractivity contribution in [2.24, 2.45) is 0 Å². The lowest BCUT2D eigenvalue weighted by Crippen LogP contribution is -2.11. The van der Waals surface area contributed by atoms with Crippen LogP contribution in [0, 0.1) is 13.8 Å². The van der Waals surface area contributed by atoms with E-state index in [4.69, 9.17) is 4.74 Å². The molecule has 0 amide bonds. The van der Waals surface area contributed by atoms with Gasteiger partial charge in [0.1, 0.15) is 0 Å². The summed E-state index contributed by atoms with van der Waals surface area (Å²) in [5.74, 6) is -0.451. The summed E-state index contributed by atoms with van der Waals surface area (Å²) in [6, 6.07) is 8.95. The molecule has 0 atom stereocenters. The summed E-state index contributed by atoms with van der Waals surface area (Å²) in [5, 5.41) is 0. The molecule has 2 aromatic rings. The lowest BCUT2D eigenvalue weighted by molar-refractivity contribution is 0.0600. The molecule has 0 N–H and O–H groups in total. The zero-order chi connectivity index (χ0) is 14.9. The summed E-state index contributed by atoms with van der Waals surface area (Å²) in [6.07, 6.45) is 0. The van der Waals surface area contributed by atoms with E-state index < -0.39 is 5.97 Å². The van der Waals surface area contributed by atoms with Gasteiger partial charge in [-0.1, -0.05) is 6.07 Å². The quantitative estimate of drug-likeness (QED) is 0.636. The van der Waals surface area contributed by atoms with Crippen LogP contribution >= 0.6 is 0 Å². The van der Waals surface area contributed by atoms with E-state index in [1.54, 1.807) is 18.2 Å². The van der Waals surface area contributed by atoms with Crippen LogP contribution in [0.4, 0.5) is 0 Å². The van der Waals surface area contributed by atoms with Crippen molar-refractivity contribution >= 4 is 11.8 Å². The molecule has 4 nitrogen and oxygen atoms in total. The van der Waals surface area contributed by atoms with Crippen LogP contribution < -0.4 is 0 Å². The third-order valence-electron chi connectivity index (χ3n) is 3.32. The molecule has 0 radical (unpaired) electrons. The van der Waals surface area contributed by atoms with Crippen LogP contribution in [0.5, 0.6) is 0 Å². The number of hydrogen-bond donors (Lipinski definition) is 0. The molecule has 0 aliphatic heterocycles. The number of methoxy groups -OCH3 is 1. The molecule has 0 spiro atoms. The first-order valence-electron chi connectivity index (χ1n) is 6.34. The van der Waals surface area contributed by atoms with Crippen LogP contribution in [0.1, 0.15) is 39.0 Å². The van der Waals surface area contributed by atoms with Crippen LogP contribution in [-0.4, -0.2) is 23.4 Å². The van der Waals surface area contributed by atoms with E-state index in [0.29, 0.717) is 16.8 Å². The monoisotopic (exact) mass is 271 g/mol. The number of benzene rings is 1. The average Bonchev–Trinajstić information content (AvgIpc) is 2.76. The molecule has 1 aromatic heterocycles. The first-order valence-corrected chi connectivity index (χ1v) is 6.34. The van der Waals surface area contributed by atoms with E-state index in [1.807, 2.05) is 30.5 Å². The Morgan fingerprint density at radius 3 is 2.15 bits per heavy atom. The fourth-order valence-corrected chi connectivity index (χ4v) is 2.27. The average molecular weight is 271 g/mol. The van der Waals surface area contributed by atoms with Gasteiger partial charge in [-0.05, 0) is 45.0 Å². The third-order valence-corrected chi connectivity index (χ3v) is 3.32. The molecule has 0 saturated heterocycles. The number of carbonyl (C=O) groups excluding carboxylic acids is 2. The van der Waals surface area contributed by atoms with E-state index in [2.05, 4.69) is 0 Å². The number of aromatic nitrogens is 1. The summed E-state index contributed by atoms with van der Waals surface area (Å²) in [5.41, 5.74) is 3.67. The second kappa shape index (κ2) is 5.33. The van der Waals surface area contributed by atoms with Gasteiger partial charge in [0, 0.05) is 17.0 Å². The minimum Gasteiger partial charge on any atom is -0.465 e. The zero-order valence-corrected chi connectivity index (χ0v) is 12.1. The number of nitrogens with zero attached hydrogens (tertiary/aromatic N) is 1. The Hall–Kier alpha value is -2.36. The van der Waals surface area contributed by atoms with Gasteiger partial charge in [-0.3, -0.25) is 4.79 Å². The molecular weight excluding hydrogens is 254 g/mol. The largest absolute Gasteiger partial charge is 0.465 e. The molecule has 2 rings (SSSR count).